The number of piperidine rings is 1. The van der Waals surface area contributed by atoms with Gasteiger partial charge in [0.15, 0.2) is 5.75 Å². The molecule has 1 saturated heterocycles. The highest BCUT2D eigenvalue weighted by Gasteiger charge is 2.35. The van der Waals surface area contributed by atoms with E-state index < -0.39 is 11.6 Å². The van der Waals surface area contributed by atoms with Gasteiger partial charge in [0.2, 0.25) is 0 Å². The Bertz CT molecular complexity index is 517. The highest BCUT2D eigenvalue weighted by molar-refractivity contribution is 6.37. The molecular weight excluding hydrogens is 313 g/mol. The molecule has 0 saturated carbocycles. The number of esters is 1. The molecule has 0 bridgehead atoms. The van der Waals surface area contributed by atoms with Crippen LogP contribution in [0.5, 0.6) is 5.75 Å². The second kappa shape index (κ2) is 6.42. The quantitative estimate of drug-likeness (QED) is 0.836. The average molecular weight is 333 g/mol. The Kier molecular flexibility index (Phi) is 5.02. The van der Waals surface area contributed by atoms with Crippen LogP contribution in [-0.2, 0) is 4.74 Å². The highest BCUT2D eigenvalue weighted by atomic mass is 35.5. The lowest BCUT2D eigenvalue weighted by atomic mass is 9.83. The highest BCUT2D eigenvalue weighted by Crippen LogP contribution is 2.34. The molecule has 4 nitrogen and oxygen atoms in total. The average Bonchev–Trinajstić information content (AvgIpc) is 2.44. The van der Waals surface area contributed by atoms with E-state index in [1.807, 2.05) is 13.8 Å². The molecule has 1 aromatic rings. The Hall–Kier alpha value is -0.970. The van der Waals surface area contributed by atoms with Crippen molar-refractivity contribution in [1.82, 2.24) is 0 Å². The third kappa shape index (κ3) is 3.82. The molecule has 0 radical (unpaired) electrons. The number of halogens is 2. The SMILES string of the molecule is CC(C)(OC(=O)c1cc(Cl)c(O)c(Cl)c1)C1CC[NH2+]CC1. The van der Waals surface area contributed by atoms with Crippen molar-refractivity contribution in [2.75, 3.05) is 13.1 Å². The van der Waals surface area contributed by atoms with Crippen LogP contribution in [0.15, 0.2) is 12.1 Å². The number of nitrogens with two attached hydrogens (primary N) is 1. The van der Waals surface area contributed by atoms with Crippen LogP contribution in [0.4, 0.5) is 0 Å². The third-order valence-corrected chi connectivity index (χ3v) is 4.61. The number of rotatable bonds is 3. The topological polar surface area (TPSA) is 63.1 Å². The van der Waals surface area contributed by atoms with E-state index in [9.17, 15) is 9.90 Å². The van der Waals surface area contributed by atoms with Gasteiger partial charge in [-0.3, -0.25) is 0 Å². The molecule has 1 aromatic carbocycles. The summed E-state index contributed by atoms with van der Waals surface area (Å²) in [6, 6.07) is 2.74. The van der Waals surface area contributed by atoms with Crippen LogP contribution in [0.2, 0.25) is 10.0 Å². The number of hydrogen-bond acceptors (Lipinski definition) is 3. The van der Waals surface area contributed by atoms with E-state index in [2.05, 4.69) is 5.32 Å². The Morgan fingerprint density at radius 3 is 2.33 bits per heavy atom. The molecule has 6 heteroatoms. The van der Waals surface area contributed by atoms with Gasteiger partial charge in [-0.25, -0.2) is 4.79 Å². The van der Waals surface area contributed by atoms with Gasteiger partial charge in [0.25, 0.3) is 0 Å². The van der Waals surface area contributed by atoms with Crippen molar-refractivity contribution in [2.24, 2.45) is 5.92 Å². The summed E-state index contributed by atoms with van der Waals surface area (Å²) < 4.78 is 5.66. The first kappa shape index (κ1) is 16.4. The molecular formula is C15H20Cl2NO3+. The summed E-state index contributed by atoms with van der Waals surface area (Å²) in [7, 11) is 0. The molecule has 1 heterocycles. The number of phenolic OH excluding ortho intramolecular Hbond substituents is 1. The van der Waals surface area contributed by atoms with Crippen LogP contribution >= 0.6 is 23.2 Å². The van der Waals surface area contributed by atoms with Crippen molar-refractivity contribution in [3.8, 4) is 5.75 Å². The second-order valence-corrected chi connectivity index (χ2v) is 6.74. The zero-order valence-corrected chi connectivity index (χ0v) is 13.7. The van der Waals surface area contributed by atoms with Gasteiger partial charge in [0, 0.05) is 18.8 Å². The van der Waals surface area contributed by atoms with Crippen molar-refractivity contribution in [3.05, 3.63) is 27.7 Å². The van der Waals surface area contributed by atoms with E-state index in [-0.39, 0.29) is 21.4 Å². The maximum Gasteiger partial charge on any atom is 0.338 e. The molecule has 1 fully saturated rings. The monoisotopic (exact) mass is 332 g/mol. The minimum Gasteiger partial charge on any atom is -0.505 e. The van der Waals surface area contributed by atoms with Crippen LogP contribution < -0.4 is 5.32 Å². The lowest BCUT2D eigenvalue weighted by Crippen LogP contribution is -2.86. The summed E-state index contributed by atoms with van der Waals surface area (Å²) in [6.45, 7) is 5.99. The van der Waals surface area contributed by atoms with Crippen molar-refractivity contribution >= 4 is 29.2 Å². The van der Waals surface area contributed by atoms with Crippen LogP contribution in [0.25, 0.3) is 0 Å². The smallest absolute Gasteiger partial charge is 0.338 e. The Labute approximate surface area is 134 Å². The van der Waals surface area contributed by atoms with Crippen molar-refractivity contribution < 1.29 is 20.0 Å². The lowest BCUT2D eigenvalue weighted by Gasteiger charge is -2.35. The number of quaternary nitrogens is 1. The molecule has 21 heavy (non-hydrogen) atoms. The summed E-state index contributed by atoms with van der Waals surface area (Å²) in [5, 5.41) is 11.9. The lowest BCUT2D eigenvalue weighted by molar-refractivity contribution is -0.665. The predicted octanol–water partition coefficient (Wildman–Crippen LogP) is 2.61. The number of aromatic hydroxyl groups is 1. The van der Waals surface area contributed by atoms with Crippen molar-refractivity contribution in [2.45, 2.75) is 32.3 Å². The van der Waals surface area contributed by atoms with Gasteiger partial charge < -0.3 is 15.2 Å². The van der Waals surface area contributed by atoms with Crippen molar-refractivity contribution in [1.29, 1.82) is 0 Å². The predicted molar refractivity (Wildman–Crippen MR) is 82.0 cm³/mol. The third-order valence-electron chi connectivity index (χ3n) is 4.03. The van der Waals surface area contributed by atoms with Crippen molar-refractivity contribution in [3.63, 3.8) is 0 Å². The van der Waals surface area contributed by atoms with Gasteiger partial charge in [-0.2, -0.15) is 0 Å². The zero-order valence-electron chi connectivity index (χ0n) is 12.2. The summed E-state index contributed by atoms with van der Waals surface area (Å²) in [6.07, 6.45) is 2.05. The molecule has 0 aromatic heterocycles. The Balaban J connectivity index is 2.13. The fraction of sp³-hybridized carbons (Fsp3) is 0.533. The van der Waals surface area contributed by atoms with Gasteiger partial charge >= 0.3 is 5.97 Å². The minimum atomic E-state index is -0.540. The van der Waals surface area contributed by atoms with E-state index in [0.717, 1.165) is 25.9 Å². The van der Waals surface area contributed by atoms with Gasteiger partial charge in [0.05, 0.1) is 28.7 Å². The van der Waals surface area contributed by atoms with Gasteiger partial charge in [0.1, 0.15) is 5.60 Å². The molecule has 0 atom stereocenters. The number of ether oxygens (including phenoxy) is 1. The maximum absolute atomic E-state index is 12.3. The second-order valence-electron chi connectivity index (χ2n) is 5.92. The first-order valence-electron chi connectivity index (χ1n) is 7.04. The molecule has 0 amide bonds. The first-order chi connectivity index (χ1) is 9.81. The molecule has 3 N–H and O–H groups in total. The van der Waals surface area contributed by atoms with E-state index in [4.69, 9.17) is 27.9 Å². The molecule has 1 aliphatic heterocycles. The maximum atomic E-state index is 12.3. The Morgan fingerprint density at radius 1 is 1.29 bits per heavy atom. The minimum absolute atomic E-state index is 0.0412. The molecule has 0 unspecified atom stereocenters. The number of benzene rings is 1. The van der Waals surface area contributed by atoms with Crippen LogP contribution in [0.3, 0.4) is 0 Å². The number of carbonyl (C=O) groups is 1. The fourth-order valence-electron chi connectivity index (χ4n) is 2.69. The fourth-order valence-corrected chi connectivity index (χ4v) is 3.17. The van der Waals surface area contributed by atoms with E-state index >= 15 is 0 Å². The van der Waals surface area contributed by atoms with Crippen LogP contribution in [-0.4, -0.2) is 29.8 Å². The largest absolute Gasteiger partial charge is 0.505 e. The summed E-state index contributed by atoms with van der Waals surface area (Å²) in [5.74, 6) is -0.357. The number of carbonyl (C=O) groups excluding carboxylic acids is 1. The summed E-state index contributed by atoms with van der Waals surface area (Å²) in [5.41, 5.74) is -0.291. The zero-order chi connectivity index (χ0) is 15.6. The molecule has 116 valence electrons. The van der Waals surface area contributed by atoms with Crippen LogP contribution in [0.1, 0.15) is 37.0 Å². The molecule has 1 aliphatic rings. The van der Waals surface area contributed by atoms with E-state index in [0.29, 0.717) is 5.92 Å². The summed E-state index contributed by atoms with van der Waals surface area (Å²) in [4.78, 5) is 12.3. The Morgan fingerprint density at radius 2 is 1.81 bits per heavy atom. The van der Waals surface area contributed by atoms with Crippen LogP contribution in [0, 0.1) is 5.92 Å². The van der Waals surface area contributed by atoms with E-state index in [1.165, 1.54) is 12.1 Å². The number of phenols is 1. The van der Waals surface area contributed by atoms with Gasteiger partial charge in [-0.15, -0.1) is 0 Å². The van der Waals surface area contributed by atoms with Gasteiger partial charge in [-0.05, 0) is 26.0 Å². The standard InChI is InChI=1S/C15H19Cl2NO3/c1-15(2,10-3-5-18-6-4-10)21-14(20)9-7-11(16)13(19)12(17)8-9/h7-8,10,18-19H,3-6H2,1-2H3/p+1. The van der Waals surface area contributed by atoms with E-state index in [1.54, 1.807) is 0 Å². The molecule has 0 aliphatic carbocycles. The molecule has 2 rings (SSSR count). The molecule has 0 spiro atoms. The normalized spacial score (nSPS) is 16.8. The summed E-state index contributed by atoms with van der Waals surface area (Å²) >= 11 is 11.7. The van der Waals surface area contributed by atoms with Gasteiger partial charge in [-0.1, -0.05) is 23.2 Å². The first-order valence-corrected chi connectivity index (χ1v) is 7.80. The number of hydrogen-bond donors (Lipinski definition) is 2.